The van der Waals surface area contributed by atoms with Crippen LogP contribution in [0.25, 0.3) is 0 Å². The number of piperidine rings is 1. The van der Waals surface area contributed by atoms with E-state index in [4.69, 9.17) is 4.74 Å². The predicted octanol–water partition coefficient (Wildman–Crippen LogP) is 3.34. The zero-order valence-corrected chi connectivity index (χ0v) is 17.1. The molecule has 170 valence electrons. The molecule has 4 rings (SSSR count). The molecular formula is C18H19F3N8O3. The van der Waals surface area contributed by atoms with Gasteiger partial charge in [0.25, 0.3) is 0 Å². The molecule has 0 amide bonds. The van der Waals surface area contributed by atoms with Crippen LogP contribution < -0.4 is 9.64 Å². The number of H-pyrrole nitrogens is 1. The van der Waals surface area contributed by atoms with Crippen LogP contribution in [-0.2, 0) is 13.2 Å². The van der Waals surface area contributed by atoms with Crippen molar-refractivity contribution < 1.29 is 22.8 Å². The van der Waals surface area contributed by atoms with Gasteiger partial charge in [-0.1, -0.05) is 0 Å². The number of hydrogen-bond acceptors (Lipinski definition) is 8. The van der Waals surface area contributed by atoms with E-state index >= 15 is 0 Å². The van der Waals surface area contributed by atoms with Gasteiger partial charge in [0.2, 0.25) is 11.7 Å². The molecule has 3 aromatic heterocycles. The smallest absolute Gasteiger partial charge is 0.415 e. The van der Waals surface area contributed by atoms with Gasteiger partial charge in [0.15, 0.2) is 5.69 Å². The van der Waals surface area contributed by atoms with Gasteiger partial charge in [-0.2, -0.15) is 28.4 Å². The highest BCUT2D eigenvalue weighted by molar-refractivity contribution is 5.63. The summed E-state index contributed by atoms with van der Waals surface area (Å²) in [6.07, 6.45) is -2.18. The second-order valence-corrected chi connectivity index (χ2v) is 7.44. The molecule has 0 unspecified atom stereocenters. The molecule has 11 nitrogen and oxygen atoms in total. The Hall–Kier alpha value is -3.71. The highest BCUT2D eigenvalue weighted by Gasteiger charge is 2.36. The van der Waals surface area contributed by atoms with Crippen molar-refractivity contribution >= 4 is 11.5 Å². The van der Waals surface area contributed by atoms with Crippen LogP contribution in [0.5, 0.6) is 11.8 Å². The second kappa shape index (κ2) is 8.09. The minimum absolute atomic E-state index is 0.0508. The number of aryl methyl sites for hydroxylation is 2. The third-order valence-electron chi connectivity index (χ3n) is 5.22. The van der Waals surface area contributed by atoms with Crippen LogP contribution in [0.2, 0.25) is 0 Å². The van der Waals surface area contributed by atoms with Crippen molar-refractivity contribution in [3.05, 3.63) is 45.7 Å². The van der Waals surface area contributed by atoms with Gasteiger partial charge in [-0.25, -0.2) is 9.67 Å². The lowest BCUT2D eigenvalue weighted by Crippen LogP contribution is -2.34. The minimum Gasteiger partial charge on any atom is -0.415 e. The Labute approximate surface area is 179 Å². The quantitative estimate of drug-likeness (QED) is 0.461. The van der Waals surface area contributed by atoms with Gasteiger partial charge in [-0.3, -0.25) is 15.2 Å². The van der Waals surface area contributed by atoms with Crippen molar-refractivity contribution in [3.63, 3.8) is 0 Å². The van der Waals surface area contributed by atoms with E-state index in [1.54, 1.807) is 4.90 Å². The maximum atomic E-state index is 12.9. The number of alkyl halides is 3. The van der Waals surface area contributed by atoms with Crippen LogP contribution in [0.4, 0.5) is 24.7 Å². The van der Waals surface area contributed by atoms with Crippen LogP contribution in [0.3, 0.4) is 0 Å². The first-order valence-corrected chi connectivity index (χ1v) is 9.69. The summed E-state index contributed by atoms with van der Waals surface area (Å²) < 4.78 is 44.9. The van der Waals surface area contributed by atoms with Gasteiger partial charge in [-0.05, 0) is 25.8 Å². The molecule has 1 saturated heterocycles. The van der Waals surface area contributed by atoms with E-state index in [9.17, 15) is 23.3 Å². The Bertz CT molecular complexity index is 1130. The number of anilines is 1. The van der Waals surface area contributed by atoms with Gasteiger partial charge in [0, 0.05) is 37.8 Å². The fourth-order valence-corrected chi connectivity index (χ4v) is 3.64. The van der Waals surface area contributed by atoms with Crippen molar-refractivity contribution in [3.8, 4) is 11.8 Å². The Morgan fingerprint density at radius 2 is 1.97 bits per heavy atom. The summed E-state index contributed by atoms with van der Waals surface area (Å²) in [7, 11) is 1.24. The van der Waals surface area contributed by atoms with E-state index in [2.05, 4.69) is 25.3 Å². The SMILES string of the molecule is Cc1cc(C2CCN(c3ncnc(Oc4cc(C(F)(F)F)nn4C)c3[N+](=O)[O-])CC2)n[nH]1. The third-order valence-corrected chi connectivity index (χ3v) is 5.22. The molecule has 14 heteroatoms. The Kier molecular flexibility index (Phi) is 5.44. The molecule has 0 spiro atoms. The first-order chi connectivity index (χ1) is 15.1. The molecule has 3 aromatic rings. The topological polar surface area (TPSA) is 128 Å². The van der Waals surface area contributed by atoms with Crippen molar-refractivity contribution in [2.24, 2.45) is 7.05 Å². The van der Waals surface area contributed by atoms with E-state index < -0.39 is 28.4 Å². The van der Waals surface area contributed by atoms with Gasteiger partial charge in [0.1, 0.15) is 6.33 Å². The summed E-state index contributed by atoms with van der Waals surface area (Å²) in [6.45, 7) is 2.88. The highest BCUT2D eigenvalue weighted by Crippen LogP contribution is 2.39. The number of aromatic nitrogens is 6. The number of nitro groups is 1. The molecule has 0 atom stereocenters. The maximum Gasteiger partial charge on any atom is 0.435 e. The summed E-state index contributed by atoms with van der Waals surface area (Å²) in [6, 6.07) is 2.63. The predicted molar refractivity (Wildman–Crippen MR) is 104 cm³/mol. The van der Waals surface area contributed by atoms with E-state index in [0.29, 0.717) is 32.0 Å². The van der Waals surface area contributed by atoms with Crippen molar-refractivity contribution in [1.29, 1.82) is 0 Å². The lowest BCUT2D eigenvalue weighted by atomic mass is 9.93. The number of nitrogens with zero attached hydrogens (tertiary/aromatic N) is 7. The van der Waals surface area contributed by atoms with Crippen LogP contribution in [0, 0.1) is 17.0 Å². The molecule has 0 radical (unpaired) electrons. The number of nitrogens with one attached hydrogen (secondary N) is 1. The molecule has 0 bridgehead atoms. The van der Waals surface area contributed by atoms with Crippen LogP contribution >= 0.6 is 0 Å². The Morgan fingerprint density at radius 1 is 1.25 bits per heavy atom. The molecule has 1 fully saturated rings. The first kappa shape index (κ1) is 21.5. The van der Waals surface area contributed by atoms with Crippen LogP contribution in [0.15, 0.2) is 18.5 Å². The standard InChI is InChI=1S/C18H19F3N8O3/c1-10-7-12(25-24-10)11-3-5-28(6-4-11)16-15(29(30)31)17(23-9-22-16)32-14-8-13(18(19,20)21)26-27(14)2/h7-9,11H,3-6H2,1-2H3,(H,24,25). The minimum atomic E-state index is -4.68. The van der Waals surface area contributed by atoms with E-state index in [-0.39, 0.29) is 17.6 Å². The van der Waals surface area contributed by atoms with Crippen LogP contribution in [0.1, 0.15) is 35.8 Å². The van der Waals surface area contributed by atoms with Gasteiger partial charge in [0.05, 0.1) is 10.6 Å². The third kappa shape index (κ3) is 4.20. The number of rotatable bonds is 5. The van der Waals surface area contributed by atoms with Crippen molar-refractivity contribution in [1.82, 2.24) is 29.9 Å². The fourth-order valence-electron chi connectivity index (χ4n) is 3.64. The number of hydrogen-bond donors (Lipinski definition) is 1. The summed E-state index contributed by atoms with van der Waals surface area (Å²) in [5, 5.41) is 22.4. The molecule has 0 saturated carbocycles. The van der Waals surface area contributed by atoms with E-state index in [0.717, 1.165) is 22.4 Å². The summed E-state index contributed by atoms with van der Waals surface area (Å²) in [5.74, 6) is -0.530. The highest BCUT2D eigenvalue weighted by atomic mass is 19.4. The summed E-state index contributed by atoms with van der Waals surface area (Å²) in [4.78, 5) is 20.7. The number of halogens is 3. The maximum absolute atomic E-state index is 12.9. The second-order valence-electron chi connectivity index (χ2n) is 7.44. The molecule has 1 aliphatic rings. The number of ether oxygens (including phenoxy) is 1. The lowest BCUT2D eigenvalue weighted by Gasteiger charge is -2.31. The zero-order chi connectivity index (χ0) is 23.0. The van der Waals surface area contributed by atoms with Crippen molar-refractivity contribution in [2.45, 2.75) is 31.9 Å². The number of aromatic amines is 1. The molecule has 1 aliphatic heterocycles. The molecule has 4 heterocycles. The monoisotopic (exact) mass is 452 g/mol. The summed E-state index contributed by atoms with van der Waals surface area (Å²) in [5.41, 5.74) is 0.207. The average molecular weight is 452 g/mol. The average Bonchev–Trinajstić information content (AvgIpc) is 3.33. The normalized spacial score (nSPS) is 15.2. The first-order valence-electron chi connectivity index (χ1n) is 9.69. The summed E-state index contributed by atoms with van der Waals surface area (Å²) >= 11 is 0. The van der Waals surface area contributed by atoms with Crippen LogP contribution in [-0.4, -0.2) is 48.0 Å². The van der Waals surface area contributed by atoms with E-state index in [1.165, 1.54) is 7.05 Å². The largest absolute Gasteiger partial charge is 0.435 e. The van der Waals surface area contributed by atoms with E-state index in [1.807, 2.05) is 13.0 Å². The lowest BCUT2D eigenvalue weighted by molar-refractivity contribution is -0.385. The molecule has 32 heavy (non-hydrogen) atoms. The molecule has 1 N–H and O–H groups in total. The molecule has 0 aliphatic carbocycles. The van der Waals surface area contributed by atoms with Gasteiger partial charge >= 0.3 is 17.7 Å². The fraction of sp³-hybridized carbons (Fsp3) is 0.444. The van der Waals surface area contributed by atoms with Gasteiger partial charge in [-0.15, -0.1) is 0 Å². The Balaban J connectivity index is 1.58. The Morgan fingerprint density at radius 3 is 2.53 bits per heavy atom. The van der Waals surface area contributed by atoms with Crippen molar-refractivity contribution in [2.75, 3.05) is 18.0 Å². The zero-order valence-electron chi connectivity index (χ0n) is 17.1. The molecule has 0 aromatic carbocycles. The molecular weight excluding hydrogens is 433 g/mol. The van der Waals surface area contributed by atoms with Gasteiger partial charge < -0.3 is 9.64 Å².